The number of carbonyl (C=O) groups is 1. The molecule has 0 aliphatic rings. The van der Waals surface area contributed by atoms with E-state index in [9.17, 15) is 10.1 Å². The number of hydrogen-bond donors (Lipinski definition) is 1. The summed E-state index contributed by atoms with van der Waals surface area (Å²) in [5, 5.41) is 9.78. The van der Waals surface area contributed by atoms with Crippen molar-refractivity contribution in [1.82, 2.24) is 9.55 Å². The maximum absolute atomic E-state index is 12.2. The van der Waals surface area contributed by atoms with Gasteiger partial charge in [-0.15, -0.1) is 0 Å². The molecule has 2 N–H and O–H groups in total. The third-order valence-corrected chi connectivity index (χ3v) is 4.63. The Bertz CT molecular complexity index is 1270. The van der Waals surface area contributed by atoms with E-state index in [1.54, 1.807) is 24.3 Å². The molecule has 7 nitrogen and oxygen atoms in total. The van der Waals surface area contributed by atoms with Crippen molar-refractivity contribution >= 4 is 34.4 Å². The zero-order valence-electron chi connectivity index (χ0n) is 14.6. The average Bonchev–Trinajstić information content (AvgIpc) is 3.27. The highest BCUT2D eigenvalue weighted by Crippen LogP contribution is 2.31. The summed E-state index contributed by atoms with van der Waals surface area (Å²) in [6.07, 6.45) is 1.48. The van der Waals surface area contributed by atoms with Gasteiger partial charge >= 0.3 is 5.97 Å². The van der Waals surface area contributed by atoms with Gasteiger partial charge in [-0.3, -0.25) is 0 Å². The molecule has 2 heterocycles. The number of nitriles is 1. The molecule has 0 fully saturated rings. The highest BCUT2D eigenvalue weighted by atomic mass is 35.5. The van der Waals surface area contributed by atoms with Crippen LogP contribution in [-0.4, -0.2) is 22.6 Å². The van der Waals surface area contributed by atoms with Crippen LogP contribution in [-0.2, 0) is 4.74 Å². The lowest BCUT2D eigenvalue weighted by Gasteiger charge is -2.08. The molecule has 138 valence electrons. The first-order valence-electron chi connectivity index (χ1n) is 8.18. The van der Waals surface area contributed by atoms with Gasteiger partial charge in [0.05, 0.1) is 28.9 Å². The summed E-state index contributed by atoms with van der Waals surface area (Å²) in [6, 6.07) is 14.4. The number of nitrogens with zero attached hydrogens (tertiary/aromatic N) is 3. The molecule has 0 unspecified atom stereocenters. The van der Waals surface area contributed by atoms with E-state index >= 15 is 0 Å². The second-order valence-corrected chi connectivity index (χ2v) is 6.34. The minimum absolute atomic E-state index is 0.0590. The first kappa shape index (κ1) is 17.6. The fraction of sp³-hybridized carbons (Fsp3) is 0.0500. The van der Waals surface area contributed by atoms with Crippen LogP contribution >= 0.6 is 11.6 Å². The van der Waals surface area contributed by atoms with E-state index in [0.29, 0.717) is 33.3 Å². The molecule has 8 heteroatoms. The zero-order valence-corrected chi connectivity index (χ0v) is 15.4. The predicted molar refractivity (Wildman–Crippen MR) is 104 cm³/mol. The van der Waals surface area contributed by atoms with Gasteiger partial charge in [-0.05, 0) is 24.3 Å². The molecule has 0 saturated heterocycles. The molecular formula is C20H13ClN4O3. The van der Waals surface area contributed by atoms with Crippen LogP contribution in [0.4, 0.5) is 5.69 Å². The fourth-order valence-electron chi connectivity index (χ4n) is 2.93. The Hall–Kier alpha value is -3.76. The quantitative estimate of drug-likeness (QED) is 0.524. The maximum atomic E-state index is 12.2. The monoisotopic (exact) mass is 392 g/mol. The Morgan fingerprint density at radius 2 is 2.11 bits per heavy atom. The molecule has 0 spiro atoms. The number of benzene rings is 2. The van der Waals surface area contributed by atoms with Crippen molar-refractivity contribution in [1.29, 1.82) is 5.26 Å². The highest BCUT2D eigenvalue weighted by Gasteiger charge is 2.22. The van der Waals surface area contributed by atoms with Crippen LogP contribution < -0.4 is 5.73 Å². The molecule has 4 aromatic rings. The van der Waals surface area contributed by atoms with E-state index in [-0.39, 0.29) is 16.9 Å². The predicted octanol–water partition coefficient (Wildman–Crippen LogP) is 4.18. The van der Waals surface area contributed by atoms with Crippen LogP contribution in [0.25, 0.3) is 28.2 Å². The van der Waals surface area contributed by atoms with Gasteiger partial charge in [0.15, 0.2) is 11.3 Å². The summed E-state index contributed by atoms with van der Waals surface area (Å²) in [6.45, 7) is 0. The molecule has 28 heavy (non-hydrogen) atoms. The molecule has 0 aliphatic carbocycles. The Morgan fingerprint density at radius 3 is 2.82 bits per heavy atom. The number of rotatable bonds is 3. The van der Waals surface area contributed by atoms with Gasteiger partial charge in [-0.1, -0.05) is 23.7 Å². The number of oxazole rings is 1. The molecule has 2 aromatic carbocycles. The van der Waals surface area contributed by atoms with Gasteiger partial charge in [0, 0.05) is 18.0 Å². The van der Waals surface area contributed by atoms with Crippen molar-refractivity contribution in [3.63, 3.8) is 0 Å². The molecule has 0 saturated carbocycles. The number of methoxy groups -OCH3 is 1. The summed E-state index contributed by atoms with van der Waals surface area (Å²) >= 11 is 6.22. The number of esters is 1. The van der Waals surface area contributed by atoms with Crippen molar-refractivity contribution in [2.45, 2.75) is 0 Å². The van der Waals surface area contributed by atoms with Crippen LogP contribution in [0.3, 0.4) is 0 Å². The number of fused-ring (bicyclic) bond motifs is 1. The Balaban J connectivity index is 1.87. The normalized spacial score (nSPS) is 10.8. The van der Waals surface area contributed by atoms with E-state index in [2.05, 4.69) is 4.98 Å². The average molecular weight is 393 g/mol. The third-order valence-electron chi connectivity index (χ3n) is 4.30. The summed E-state index contributed by atoms with van der Waals surface area (Å²) < 4.78 is 12.2. The second kappa shape index (κ2) is 6.76. The van der Waals surface area contributed by atoms with Gasteiger partial charge in [-0.2, -0.15) is 5.26 Å². The van der Waals surface area contributed by atoms with Gasteiger partial charge in [0.1, 0.15) is 11.6 Å². The first-order valence-corrected chi connectivity index (χ1v) is 8.56. The van der Waals surface area contributed by atoms with Crippen LogP contribution in [0.5, 0.6) is 0 Å². The highest BCUT2D eigenvalue weighted by molar-refractivity contribution is 6.33. The van der Waals surface area contributed by atoms with Crippen molar-refractivity contribution in [3.8, 4) is 23.2 Å². The minimum atomic E-state index is -0.645. The number of halogens is 1. The van der Waals surface area contributed by atoms with E-state index < -0.39 is 5.97 Å². The second-order valence-electron chi connectivity index (χ2n) is 5.93. The van der Waals surface area contributed by atoms with Crippen molar-refractivity contribution in [2.24, 2.45) is 0 Å². The summed E-state index contributed by atoms with van der Waals surface area (Å²) in [4.78, 5) is 16.6. The topological polar surface area (TPSA) is 107 Å². The Labute approximate surface area is 164 Å². The van der Waals surface area contributed by atoms with Gasteiger partial charge in [0.2, 0.25) is 5.89 Å². The summed E-state index contributed by atoms with van der Waals surface area (Å²) in [5.74, 6) is -0.260. The number of hydrogen-bond acceptors (Lipinski definition) is 6. The van der Waals surface area contributed by atoms with Gasteiger partial charge in [-0.25, -0.2) is 9.78 Å². The van der Waals surface area contributed by atoms with E-state index in [1.807, 2.05) is 24.3 Å². The number of nitrogens with two attached hydrogens (primary N) is 1. The van der Waals surface area contributed by atoms with E-state index in [1.165, 1.54) is 17.9 Å². The first-order chi connectivity index (χ1) is 13.5. The number of nitrogen functional groups attached to an aromatic ring is 1. The van der Waals surface area contributed by atoms with E-state index in [0.717, 1.165) is 0 Å². The molecule has 2 aromatic heterocycles. The van der Waals surface area contributed by atoms with E-state index in [4.69, 9.17) is 26.5 Å². The molecule has 0 atom stereocenters. The molecule has 0 radical (unpaired) electrons. The lowest BCUT2D eigenvalue weighted by molar-refractivity contribution is 0.0593. The van der Waals surface area contributed by atoms with Crippen LogP contribution in [0.15, 0.2) is 53.1 Å². The van der Waals surface area contributed by atoms with Gasteiger partial charge in [0.25, 0.3) is 0 Å². The number of ether oxygens (including phenoxy) is 1. The molecular weight excluding hydrogens is 380 g/mol. The summed E-state index contributed by atoms with van der Waals surface area (Å²) in [7, 11) is 1.25. The third kappa shape index (κ3) is 2.76. The summed E-state index contributed by atoms with van der Waals surface area (Å²) in [5.41, 5.74) is 8.62. The van der Waals surface area contributed by atoms with Crippen LogP contribution in [0.2, 0.25) is 5.02 Å². The molecule has 0 amide bonds. The van der Waals surface area contributed by atoms with Crippen LogP contribution in [0.1, 0.15) is 16.1 Å². The number of aromatic nitrogens is 2. The van der Waals surface area contributed by atoms with Crippen molar-refractivity contribution < 1.29 is 13.9 Å². The molecule has 0 bridgehead atoms. The SMILES string of the molecule is COC(=O)c1c(N)c(C#N)cn1-c1ccc2nc(-c3ccccc3Cl)oc2c1. The maximum Gasteiger partial charge on any atom is 0.357 e. The Kier molecular flexibility index (Phi) is 4.26. The lowest BCUT2D eigenvalue weighted by atomic mass is 10.2. The Morgan fingerprint density at radius 1 is 1.32 bits per heavy atom. The smallest absolute Gasteiger partial charge is 0.357 e. The van der Waals surface area contributed by atoms with Crippen molar-refractivity contribution in [3.05, 3.63) is 64.9 Å². The number of carbonyl (C=O) groups excluding carboxylic acids is 1. The lowest BCUT2D eigenvalue weighted by Crippen LogP contribution is -2.11. The standard InChI is InChI=1S/C20H13ClN4O3/c1-27-20(26)18-17(23)11(9-22)10-25(18)12-6-7-15-16(8-12)28-19(24-15)13-4-2-3-5-14(13)21/h2-8,10H,23H2,1H3. The van der Waals surface area contributed by atoms with Crippen LogP contribution in [0, 0.1) is 11.3 Å². The molecule has 0 aliphatic heterocycles. The van der Waals surface area contributed by atoms with Crippen molar-refractivity contribution in [2.75, 3.05) is 12.8 Å². The fourth-order valence-corrected chi connectivity index (χ4v) is 3.15. The minimum Gasteiger partial charge on any atom is -0.464 e. The molecule has 4 rings (SSSR count). The largest absolute Gasteiger partial charge is 0.464 e. The zero-order chi connectivity index (χ0) is 19.8. The van der Waals surface area contributed by atoms with Gasteiger partial charge < -0.3 is 19.5 Å². The number of anilines is 1.